The van der Waals surface area contributed by atoms with Gasteiger partial charge in [0.15, 0.2) is 0 Å². The third-order valence-electron chi connectivity index (χ3n) is 5.12. The van der Waals surface area contributed by atoms with Crippen molar-refractivity contribution in [3.8, 4) is 0 Å². The summed E-state index contributed by atoms with van der Waals surface area (Å²) in [6, 6.07) is 5.23. The highest BCUT2D eigenvalue weighted by molar-refractivity contribution is 6.31. The minimum atomic E-state index is -0.257. The highest BCUT2D eigenvalue weighted by Crippen LogP contribution is 2.45. The van der Waals surface area contributed by atoms with E-state index in [2.05, 4.69) is 19.2 Å². The molecular weight excluding hydrogens is 285 g/mol. The average molecular weight is 312 g/mol. The topological polar surface area (TPSA) is 12.0 Å². The summed E-state index contributed by atoms with van der Waals surface area (Å²) in [5, 5.41) is 4.30. The van der Waals surface area contributed by atoms with Gasteiger partial charge in [-0.25, -0.2) is 4.39 Å². The second kappa shape index (κ2) is 7.60. The molecule has 0 aliphatic heterocycles. The van der Waals surface area contributed by atoms with Crippen LogP contribution >= 0.6 is 11.6 Å². The van der Waals surface area contributed by atoms with Crippen molar-refractivity contribution in [2.45, 2.75) is 64.8 Å². The Morgan fingerprint density at radius 1 is 1.29 bits per heavy atom. The summed E-state index contributed by atoms with van der Waals surface area (Å²) < 4.78 is 13.2. The summed E-state index contributed by atoms with van der Waals surface area (Å²) in [5.41, 5.74) is 1.44. The van der Waals surface area contributed by atoms with Crippen molar-refractivity contribution in [3.05, 3.63) is 34.6 Å². The van der Waals surface area contributed by atoms with Crippen LogP contribution in [0.3, 0.4) is 0 Å². The molecular formula is C18H27ClFN. The summed E-state index contributed by atoms with van der Waals surface area (Å²) in [5.74, 6) is -0.257. The Morgan fingerprint density at radius 2 is 2.00 bits per heavy atom. The third-order valence-corrected chi connectivity index (χ3v) is 5.47. The van der Waals surface area contributed by atoms with Crippen molar-refractivity contribution in [1.82, 2.24) is 5.32 Å². The maximum absolute atomic E-state index is 13.2. The van der Waals surface area contributed by atoms with Crippen LogP contribution in [0.1, 0.15) is 57.9 Å². The lowest BCUT2D eigenvalue weighted by molar-refractivity contribution is 0.184. The van der Waals surface area contributed by atoms with Crippen LogP contribution in [0.2, 0.25) is 5.02 Å². The molecule has 0 saturated heterocycles. The zero-order chi connectivity index (χ0) is 15.3. The molecule has 1 unspecified atom stereocenters. The molecule has 1 aliphatic carbocycles. The molecule has 118 valence electrons. The minimum Gasteiger partial charge on any atom is -0.313 e. The van der Waals surface area contributed by atoms with Gasteiger partial charge in [-0.1, -0.05) is 44.4 Å². The van der Waals surface area contributed by atoms with Crippen molar-refractivity contribution >= 4 is 11.6 Å². The molecule has 1 aromatic carbocycles. The van der Waals surface area contributed by atoms with Gasteiger partial charge in [0.2, 0.25) is 0 Å². The summed E-state index contributed by atoms with van der Waals surface area (Å²) in [7, 11) is 0. The van der Waals surface area contributed by atoms with E-state index in [1.165, 1.54) is 44.2 Å². The largest absolute Gasteiger partial charge is 0.313 e. The predicted molar refractivity (Wildman–Crippen MR) is 88.4 cm³/mol. The van der Waals surface area contributed by atoms with Gasteiger partial charge in [0, 0.05) is 11.1 Å². The molecule has 0 spiro atoms. The Balaban J connectivity index is 2.19. The van der Waals surface area contributed by atoms with Gasteiger partial charge < -0.3 is 5.32 Å². The smallest absolute Gasteiger partial charge is 0.124 e. The fraction of sp³-hybridized carbons (Fsp3) is 0.667. The van der Waals surface area contributed by atoms with Crippen molar-refractivity contribution in [2.75, 3.05) is 6.54 Å². The molecule has 3 heteroatoms. The molecule has 1 fully saturated rings. The van der Waals surface area contributed by atoms with Crippen LogP contribution in [0, 0.1) is 11.2 Å². The standard InChI is InChI=1S/C18H27ClFN/c1-3-11-21-17(18(4-2)9-5-6-10-18)12-14-7-8-15(20)13-16(14)19/h7-8,13,17,21H,3-6,9-12H2,1-2H3. The number of halogens is 2. The minimum absolute atomic E-state index is 0.257. The number of benzene rings is 1. The van der Waals surface area contributed by atoms with Crippen LogP contribution in [0.5, 0.6) is 0 Å². The summed E-state index contributed by atoms with van der Waals surface area (Å²) >= 11 is 6.24. The first kappa shape index (κ1) is 16.8. The molecule has 1 atom stereocenters. The van der Waals surface area contributed by atoms with Gasteiger partial charge in [-0.2, -0.15) is 0 Å². The van der Waals surface area contributed by atoms with E-state index in [-0.39, 0.29) is 5.82 Å². The zero-order valence-electron chi connectivity index (χ0n) is 13.2. The average Bonchev–Trinajstić information content (AvgIpc) is 2.95. The molecule has 2 rings (SSSR count). The molecule has 0 aromatic heterocycles. The number of hydrogen-bond acceptors (Lipinski definition) is 1. The highest BCUT2D eigenvalue weighted by Gasteiger charge is 2.39. The van der Waals surface area contributed by atoms with Crippen LogP contribution in [-0.4, -0.2) is 12.6 Å². The predicted octanol–water partition coefficient (Wildman–Crippen LogP) is 5.36. The van der Waals surface area contributed by atoms with Gasteiger partial charge in [0.25, 0.3) is 0 Å². The fourth-order valence-corrected chi connectivity index (χ4v) is 4.00. The fourth-order valence-electron chi connectivity index (χ4n) is 3.76. The van der Waals surface area contributed by atoms with E-state index in [0.717, 1.165) is 24.9 Å². The van der Waals surface area contributed by atoms with Crippen LogP contribution in [0.25, 0.3) is 0 Å². The van der Waals surface area contributed by atoms with Crippen LogP contribution < -0.4 is 5.32 Å². The Labute approximate surface area is 133 Å². The first-order valence-electron chi connectivity index (χ1n) is 8.28. The van der Waals surface area contributed by atoms with E-state index in [0.29, 0.717) is 16.5 Å². The molecule has 1 aliphatic rings. The molecule has 0 heterocycles. The van der Waals surface area contributed by atoms with Gasteiger partial charge in [0.1, 0.15) is 5.82 Å². The number of rotatable bonds is 7. The molecule has 1 nitrogen and oxygen atoms in total. The maximum Gasteiger partial charge on any atom is 0.124 e. The van der Waals surface area contributed by atoms with Crippen molar-refractivity contribution in [1.29, 1.82) is 0 Å². The van der Waals surface area contributed by atoms with Crippen molar-refractivity contribution in [3.63, 3.8) is 0 Å². The third kappa shape index (κ3) is 3.98. The van der Waals surface area contributed by atoms with E-state index in [9.17, 15) is 4.39 Å². The highest BCUT2D eigenvalue weighted by atomic mass is 35.5. The zero-order valence-corrected chi connectivity index (χ0v) is 14.0. The SMILES string of the molecule is CCCNC(Cc1ccc(F)cc1Cl)C1(CC)CCCC1. The van der Waals surface area contributed by atoms with Gasteiger partial charge in [-0.15, -0.1) is 0 Å². The second-order valence-electron chi connectivity index (χ2n) is 6.37. The first-order valence-corrected chi connectivity index (χ1v) is 8.66. The quantitative estimate of drug-likeness (QED) is 0.714. The molecule has 0 amide bonds. The Hall–Kier alpha value is -0.600. The van der Waals surface area contributed by atoms with Crippen LogP contribution in [0.4, 0.5) is 4.39 Å². The van der Waals surface area contributed by atoms with Crippen LogP contribution in [0.15, 0.2) is 18.2 Å². The van der Waals surface area contributed by atoms with Gasteiger partial charge in [-0.05, 0) is 61.8 Å². The van der Waals surface area contributed by atoms with Gasteiger partial charge in [-0.3, -0.25) is 0 Å². The lowest BCUT2D eigenvalue weighted by Gasteiger charge is -2.38. The number of nitrogens with one attached hydrogen (secondary N) is 1. The Kier molecular flexibility index (Phi) is 6.07. The molecule has 1 saturated carbocycles. The molecule has 1 N–H and O–H groups in total. The lowest BCUT2D eigenvalue weighted by atomic mass is 9.74. The van der Waals surface area contributed by atoms with E-state index < -0.39 is 0 Å². The van der Waals surface area contributed by atoms with E-state index in [1.807, 2.05) is 6.07 Å². The van der Waals surface area contributed by atoms with Crippen molar-refractivity contribution in [2.24, 2.45) is 5.41 Å². The van der Waals surface area contributed by atoms with Gasteiger partial charge >= 0.3 is 0 Å². The normalized spacial score (nSPS) is 18.9. The Morgan fingerprint density at radius 3 is 2.57 bits per heavy atom. The number of hydrogen-bond donors (Lipinski definition) is 1. The molecule has 21 heavy (non-hydrogen) atoms. The molecule has 0 bridgehead atoms. The van der Waals surface area contributed by atoms with Crippen LogP contribution in [-0.2, 0) is 6.42 Å². The van der Waals surface area contributed by atoms with Crippen molar-refractivity contribution < 1.29 is 4.39 Å². The van der Waals surface area contributed by atoms with Gasteiger partial charge in [0.05, 0.1) is 0 Å². The summed E-state index contributed by atoms with van der Waals surface area (Å²) in [6.45, 7) is 5.53. The lowest BCUT2D eigenvalue weighted by Crippen LogP contribution is -2.45. The van der Waals surface area contributed by atoms with E-state index >= 15 is 0 Å². The second-order valence-corrected chi connectivity index (χ2v) is 6.78. The summed E-state index contributed by atoms with van der Waals surface area (Å²) in [4.78, 5) is 0. The molecule has 0 radical (unpaired) electrons. The summed E-state index contributed by atoms with van der Waals surface area (Å²) in [6.07, 6.45) is 8.48. The first-order chi connectivity index (χ1) is 10.1. The van der Waals surface area contributed by atoms with E-state index in [4.69, 9.17) is 11.6 Å². The molecule has 1 aromatic rings. The maximum atomic E-state index is 13.2. The Bertz CT molecular complexity index is 455. The van der Waals surface area contributed by atoms with E-state index in [1.54, 1.807) is 0 Å². The monoisotopic (exact) mass is 311 g/mol.